The van der Waals surface area contributed by atoms with Gasteiger partial charge in [0.05, 0.1) is 0 Å². The maximum absolute atomic E-state index is 11.7. The minimum Gasteiger partial charge on any atom is -0.480 e. The van der Waals surface area contributed by atoms with Crippen LogP contribution in [0.1, 0.15) is 37.8 Å². The molecule has 5 nitrogen and oxygen atoms in total. The molecular formula is C22H27NO4. The monoisotopic (exact) mass is 369 g/mol. The minimum absolute atomic E-state index is 0.210. The van der Waals surface area contributed by atoms with Gasteiger partial charge >= 0.3 is 11.9 Å². The van der Waals surface area contributed by atoms with Gasteiger partial charge in [0.25, 0.3) is 0 Å². The number of carbonyl (C=O) groups is 2. The number of hydrogen-bond donors (Lipinski definition) is 3. The normalized spacial score (nSPS) is 14.3. The first kappa shape index (κ1) is 20.6. The second kappa shape index (κ2) is 8.82. The molecule has 2 atom stereocenters. The largest absolute Gasteiger partial charge is 0.480 e. The van der Waals surface area contributed by atoms with Crippen molar-refractivity contribution in [2.75, 3.05) is 0 Å². The van der Waals surface area contributed by atoms with E-state index in [2.05, 4.69) is 5.32 Å². The molecule has 0 aliphatic heterocycles. The predicted octanol–water partition coefficient (Wildman–Crippen LogP) is 3.89. The third-order valence-electron chi connectivity index (χ3n) is 4.76. The van der Waals surface area contributed by atoms with Gasteiger partial charge in [-0.25, -0.2) is 0 Å². The smallest absolute Gasteiger partial charge is 0.323 e. The van der Waals surface area contributed by atoms with Crippen molar-refractivity contribution in [1.29, 1.82) is 0 Å². The number of carboxylic acid groups (broad SMARTS) is 2. The van der Waals surface area contributed by atoms with E-state index in [1.54, 1.807) is 0 Å². The molecule has 0 aliphatic carbocycles. The van der Waals surface area contributed by atoms with Gasteiger partial charge < -0.3 is 10.2 Å². The van der Waals surface area contributed by atoms with E-state index in [0.717, 1.165) is 16.7 Å². The summed E-state index contributed by atoms with van der Waals surface area (Å²) < 4.78 is 0. The Morgan fingerprint density at radius 2 is 1.74 bits per heavy atom. The van der Waals surface area contributed by atoms with Crippen LogP contribution in [0.5, 0.6) is 0 Å². The summed E-state index contributed by atoms with van der Waals surface area (Å²) in [7, 11) is 0. The van der Waals surface area contributed by atoms with E-state index in [-0.39, 0.29) is 6.42 Å². The van der Waals surface area contributed by atoms with Crippen LogP contribution >= 0.6 is 0 Å². The van der Waals surface area contributed by atoms with Gasteiger partial charge in [-0.2, -0.15) is 0 Å². The first-order valence-corrected chi connectivity index (χ1v) is 9.15. The summed E-state index contributed by atoms with van der Waals surface area (Å²) in [4.78, 5) is 23.4. The molecule has 0 fully saturated rings. The van der Waals surface area contributed by atoms with Crippen LogP contribution in [0.2, 0.25) is 0 Å². The van der Waals surface area contributed by atoms with Crippen LogP contribution in [0.4, 0.5) is 0 Å². The second-order valence-corrected chi connectivity index (χ2v) is 7.19. The van der Waals surface area contributed by atoms with E-state index < -0.39 is 23.5 Å². The van der Waals surface area contributed by atoms with E-state index in [1.807, 2.05) is 62.4 Å². The number of aliphatic carboxylic acids is 2. The Balaban J connectivity index is 2.24. The van der Waals surface area contributed by atoms with Crippen LogP contribution in [-0.4, -0.2) is 33.7 Å². The maximum Gasteiger partial charge on any atom is 0.323 e. The third kappa shape index (κ3) is 5.41. The van der Waals surface area contributed by atoms with E-state index in [0.29, 0.717) is 12.8 Å². The lowest BCUT2D eigenvalue weighted by Gasteiger charge is -2.29. The lowest BCUT2D eigenvalue weighted by Crippen LogP contribution is -2.56. The molecule has 0 saturated heterocycles. The maximum atomic E-state index is 11.7. The SMILES string of the molecule is CCCC(C)(NC(Cc1cccc(-c2ccc(C)cc2)c1)C(=O)O)C(=O)O. The van der Waals surface area contributed by atoms with Gasteiger partial charge in [-0.05, 0) is 43.4 Å². The molecule has 2 aromatic rings. The summed E-state index contributed by atoms with van der Waals surface area (Å²) in [5.74, 6) is -2.09. The van der Waals surface area contributed by atoms with Crippen molar-refractivity contribution in [3.8, 4) is 11.1 Å². The quantitative estimate of drug-likeness (QED) is 0.624. The molecule has 0 saturated carbocycles. The van der Waals surface area contributed by atoms with Crippen LogP contribution in [0, 0.1) is 6.92 Å². The van der Waals surface area contributed by atoms with Crippen LogP contribution in [0.15, 0.2) is 48.5 Å². The van der Waals surface area contributed by atoms with Crippen molar-refractivity contribution >= 4 is 11.9 Å². The Morgan fingerprint density at radius 1 is 1.07 bits per heavy atom. The molecule has 0 aromatic heterocycles. The number of aryl methyl sites for hydroxylation is 1. The molecule has 2 aromatic carbocycles. The van der Waals surface area contributed by atoms with Crippen molar-refractivity contribution in [3.63, 3.8) is 0 Å². The molecule has 144 valence electrons. The van der Waals surface area contributed by atoms with E-state index in [4.69, 9.17) is 0 Å². The Morgan fingerprint density at radius 3 is 2.30 bits per heavy atom. The zero-order valence-corrected chi connectivity index (χ0v) is 16.0. The number of hydrogen-bond acceptors (Lipinski definition) is 3. The highest BCUT2D eigenvalue weighted by Gasteiger charge is 2.36. The number of nitrogens with one attached hydrogen (secondary N) is 1. The Labute approximate surface area is 160 Å². The van der Waals surface area contributed by atoms with E-state index >= 15 is 0 Å². The average Bonchev–Trinajstić information content (AvgIpc) is 2.62. The van der Waals surface area contributed by atoms with Crippen molar-refractivity contribution in [2.45, 2.75) is 51.6 Å². The lowest BCUT2D eigenvalue weighted by molar-refractivity contribution is -0.147. The van der Waals surface area contributed by atoms with Crippen molar-refractivity contribution in [2.24, 2.45) is 0 Å². The highest BCUT2D eigenvalue weighted by atomic mass is 16.4. The summed E-state index contributed by atoms with van der Waals surface area (Å²) >= 11 is 0. The van der Waals surface area contributed by atoms with Crippen molar-refractivity contribution < 1.29 is 19.8 Å². The lowest BCUT2D eigenvalue weighted by atomic mass is 9.93. The Hall–Kier alpha value is -2.66. The molecule has 0 aliphatic rings. The molecule has 2 unspecified atom stereocenters. The number of rotatable bonds is 9. The van der Waals surface area contributed by atoms with Gasteiger partial charge in [0.2, 0.25) is 0 Å². The van der Waals surface area contributed by atoms with Crippen LogP contribution in [0.3, 0.4) is 0 Å². The Kier molecular flexibility index (Phi) is 6.75. The fourth-order valence-corrected chi connectivity index (χ4v) is 3.19. The molecule has 0 bridgehead atoms. The van der Waals surface area contributed by atoms with Gasteiger partial charge in [-0.3, -0.25) is 14.9 Å². The van der Waals surface area contributed by atoms with Gasteiger partial charge in [0, 0.05) is 0 Å². The summed E-state index contributed by atoms with van der Waals surface area (Å²) in [6.07, 6.45) is 1.21. The zero-order chi connectivity index (χ0) is 20.0. The summed E-state index contributed by atoms with van der Waals surface area (Å²) in [5, 5.41) is 22.0. The molecule has 27 heavy (non-hydrogen) atoms. The molecule has 0 spiro atoms. The van der Waals surface area contributed by atoms with Crippen LogP contribution < -0.4 is 5.32 Å². The Bertz CT molecular complexity index is 800. The third-order valence-corrected chi connectivity index (χ3v) is 4.76. The second-order valence-electron chi connectivity index (χ2n) is 7.19. The fourth-order valence-electron chi connectivity index (χ4n) is 3.19. The summed E-state index contributed by atoms with van der Waals surface area (Å²) in [6, 6.07) is 14.9. The van der Waals surface area contributed by atoms with Crippen LogP contribution in [-0.2, 0) is 16.0 Å². The average molecular weight is 369 g/mol. The van der Waals surface area contributed by atoms with Gasteiger partial charge in [0.1, 0.15) is 11.6 Å². The van der Waals surface area contributed by atoms with Gasteiger partial charge in [-0.15, -0.1) is 0 Å². The highest BCUT2D eigenvalue weighted by Crippen LogP contribution is 2.22. The van der Waals surface area contributed by atoms with Crippen molar-refractivity contribution in [3.05, 3.63) is 59.7 Å². The molecule has 0 heterocycles. The molecule has 2 rings (SSSR count). The molecule has 3 N–H and O–H groups in total. The standard InChI is InChI=1S/C22H27NO4/c1-4-12-22(3,21(26)27)23-19(20(24)25)14-16-6-5-7-18(13-16)17-10-8-15(2)9-11-17/h5-11,13,19,23H,4,12,14H2,1-3H3,(H,24,25)(H,26,27). The minimum atomic E-state index is -1.27. The van der Waals surface area contributed by atoms with Gasteiger partial charge in [0.15, 0.2) is 0 Å². The van der Waals surface area contributed by atoms with Crippen molar-refractivity contribution in [1.82, 2.24) is 5.32 Å². The molecule has 0 amide bonds. The fraction of sp³-hybridized carbons (Fsp3) is 0.364. The molecule has 5 heteroatoms. The first-order chi connectivity index (χ1) is 12.7. The van der Waals surface area contributed by atoms with E-state index in [9.17, 15) is 19.8 Å². The van der Waals surface area contributed by atoms with E-state index in [1.165, 1.54) is 12.5 Å². The zero-order valence-electron chi connectivity index (χ0n) is 16.0. The summed E-state index contributed by atoms with van der Waals surface area (Å²) in [5.41, 5.74) is 2.81. The van der Waals surface area contributed by atoms with Gasteiger partial charge in [-0.1, -0.05) is 67.4 Å². The summed E-state index contributed by atoms with van der Waals surface area (Å²) in [6.45, 7) is 5.44. The molecular weight excluding hydrogens is 342 g/mol. The number of benzene rings is 2. The first-order valence-electron chi connectivity index (χ1n) is 9.15. The number of carboxylic acids is 2. The van der Waals surface area contributed by atoms with Crippen LogP contribution in [0.25, 0.3) is 11.1 Å². The predicted molar refractivity (Wildman–Crippen MR) is 106 cm³/mol. The highest BCUT2D eigenvalue weighted by molar-refractivity contribution is 5.81. The molecule has 0 radical (unpaired) electrons. The topological polar surface area (TPSA) is 86.6 Å².